The molecule has 0 unspecified atom stereocenters. The first kappa shape index (κ1) is 16.7. The number of nitrogens with one attached hydrogen (secondary N) is 1. The van der Waals surface area contributed by atoms with Crippen LogP contribution in [0.15, 0.2) is 36.9 Å². The van der Waals surface area contributed by atoms with Crippen LogP contribution >= 0.6 is 0 Å². The van der Waals surface area contributed by atoms with Gasteiger partial charge in [0, 0.05) is 37.1 Å². The lowest BCUT2D eigenvalue weighted by atomic mass is 10.2. The second kappa shape index (κ2) is 6.59. The molecule has 4 aromatic rings. The van der Waals surface area contributed by atoms with Crippen LogP contribution in [-0.2, 0) is 19.5 Å². The van der Waals surface area contributed by atoms with Crippen molar-refractivity contribution in [1.29, 1.82) is 0 Å². The highest BCUT2D eigenvalue weighted by atomic mass is 16.1. The third kappa shape index (κ3) is 3.04. The number of carbonyl (C=O) groups excluding carboxylic acids is 1. The molecule has 1 aliphatic rings. The zero-order valence-corrected chi connectivity index (χ0v) is 15.5. The SMILES string of the molecule is Cc1cn2ccc(C(=O)Nc3cnn(Cc4nnc5n4CCCC5)c3)cc2n1. The van der Waals surface area contributed by atoms with Crippen molar-refractivity contribution in [3.63, 3.8) is 0 Å². The van der Waals surface area contributed by atoms with E-state index in [1.165, 1.54) is 6.42 Å². The number of aromatic nitrogens is 7. The molecule has 0 aromatic carbocycles. The van der Waals surface area contributed by atoms with Gasteiger partial charge in [0.25, 0.3) is 5.91 Å². The first-order valence-electron chi connectivity index (χ1n) is 9.36. The highest BCUT2D eigenvalue weighted by Crippen LogP contribution is 2.16. The molecule has 0 saturated heterocycles. The van der Waals surface area contributed by atoms with Crippen molar-refractivity contribution in [3.05, 3.63) is 59.8 Å². The molecule has 4 aromatic heterocycles. The number of hydrogen-bond donors (Lipinski definition) is 1. The minimum Gasteiger partial charge on any atom is -0.319 e. The summed E-state index contributed by atoms with van der Waals surface area (Å²) in [6.07, 6.45) is 10.5. The van der Waals surface area contributed by atoms with Crippen LogP contribution in [-0.4, -0.2) is 39.8 Å². The zero-order chi connectivity index (χ0) is 19.1. The van der Waals surface area contributed by atoms with Gasteiger partial charge in [0.15, 0.2) is 5.82 Å². The maximum absolute atomic E-state index is 12.6. The summed E-state index contributed by atoms with van der Waals surface area (Å²) in [5.74, 6) is 1.75. The van der Waals surface area contributed by atoms with Crippen LogP contribution in [0.2, 0.25) is 0 Å². The second-order valence-electron chi connectivity index (χ2n) is 7.09. The van der Waals surface area contributed by atoms with E-state index in [1.54, 1.807) is 29.2 Å². The maximum Gasteiger partial charge on any atom is 0.255 e. The van der Waals surface area contributed by atoms with Gasteiger partial charge >= 0.3 is 0 Å². The Bertz CT molecular complexity index is 1170. The van der Waals surface area contributed by atoms with Crippen LogP contribution in [0.5, 0.6) is 0 Å². The van der Waals surface area contributed by atoms with E-state index < -0.39 is 0 Å². The third-order valence-corrected chi connectivity index (χ3v) is 4.97. The molecular formula is C19H20N8O. The summed E-state index contributed by atoms with van der Waals surface area (Å²) in [5, 5.41) is 15.8. The van der Waals surface area contributed by atoms with Crippen LogP contribution in [0.1, 0.15) is 40.5 Å². The Kier molecular flexibility index (Phi) is 3.92. The average molecular weight is 376 g/mol. The minimum atomic E-state index is -0.192. The summed E-state index contributed by atoms with van der Waals surface area (Å²) in [6.45, 7) is 3.41. The van der Waals surface area contributed by atoms with E-state index in [2.05, 4.69) is 30.2 Å². The molecule has 1 N–H and O–H groups in total. The van der Waals surface area contributed by atoms with E-state index in [4.69, 9.17) is 0 Å². The smallest absolute Gasteiger partial charge is 0.255 e. The molecule has 9 nitrogen and oxygen atoms in total. The van der Waals surface area contributed by atoms with Crippen molar-refractivity contribution >= 4 is 17.2 Å². The molecule has 9 heteroatoms. The number of anilines is 1. The van der Waals surface area contributed by atoms with Crippen molar-refractivity contribution in [2.24, 2.45) is 0 Å². The predicted molar refractivity (Wildman–Crippen MR) is 102 cm³/mol. The van der Waals surface area contributed by atoms with Crippen LogP contribution in [0.3, 0.4) is 0 Å². The lowest BCUT2D eigenvalue weighted by Gasteiger charge is -2.14. The van der Waals surface area contributed by atoms with Crippen molar-refractivity contribution in [3.8, 4) is 0 Å². The molecular weight excluding hydrogens is 356 g/mol. The Balaban J connectivity index is 1.30. The maximum atomic E-state index is 12.6. The van der Waals surface area contributed by atoms with Gasteiger partial charge < -0.3 is 14.3 Å². The summed E-state index contributed by atoms with van der Waals surface area (Å²) in [7, 11) is 0. The molecule has 28 heavy (non-hydrogen) atoms. The van der Waals surface area contributed by atoms with Crippen molar-refractivity contribution in [2.75, 3.05) is 5.32 Å². The van der Waals surface area contributed by atoms with E-state index >= 15 is 0 Å². The standard InChI is InChI=1S/C19H20N8O/c1-13-10-25-7-5-14(8-17(25)21-13)19(28)22-15-9-20-26(11-15)12-18-24-23-16-4-2-3-6-27(16)18/h5,7-11H,2-4,6,12H2,1H3,(H,22,28). The van der Waals surface area contributed by atoms with Gasteiger partial charge in [-0.15, -0.1) is 10.2 Å². The van der Waals surface area contributed by atoms with Crippen LogP contribution < -0.4 is 5.32 Å². The van der Waals surface area contributed by atoms with E-state index in [1.807, 2.05) is 23.7 Å². The lowest BCUT2D eigenvalue weighted by Crippen LogP contribution is -2.15. The summed E-state index contributed by atoms with van der Waals surface area (Å²) in [4.78, 5) is 17.0. The number of nitrogens with zero attached hydrogens (tertiary/aromatic N) is 7. The first-order valence-corrected chi connectivity index (χ1v) is 9.36. The van der Waals surface area contributed by atoms with Crippen molar-refractivity contribution in [1.82, 2.24) is 33.9 Å². The lowest BCUT2D eigenvalue weighted by molar-refractivity contribution is 0.102. The second-order valence-corrected chi connectivity index (χ2v) is 7.09. The Morgan fingerprint density at radius 3 is 3.11 bits per heavy atom. The molecule has 0 fully saturated rings. The molecule has 0 saturated carbocycles. The fraction of sp³-hybridized carbons (Fsp3) is 0.316. The van der Waals surface area contributed by atoms with E-state index in [0.717, 1.165) is 42.4 Å². The number of fused-ring (bicyclic) bond motifs is 2. The molecule has 0 spiro atoms. The molecule has 0 atom stereocenters. The molecule has 0 aliphatic carbocycles. The number of rotatable bonds is 4. The number of hydrogen-bond acceptors (Lipinski definition) is 5. The summed E-state index contributed by atoms with van der Waals surface area (Å²) < 4.78 is 5.83. The number of aryl methyl sites for hydroxylation is 2. The van der Waals surface area contributed by atoms with Crippen molar-refractivity contribution in [2.45, 2.75) is 39.3 Å². The van der Waals surface area contributed by atoms with Crippen LogP contribution in [0.25, 0.3) is 5.65 Å². The molecule has 5 rings (SSSR count). The predicted octanol–water partition coefficient (Wildman–Crippen LogP) is 2.07. The van der Waals surface area contributed by atoms with Crippen LogP contribution in [0, 0.1) is 6.92 Å². The number of carbonyl (C=O) groups is 1. The summed E-state index contributed by atoms with van der Waals surface area (Å²) in [5.41, 5.74) is 2.85. The molecule has 142 valence electrons. The number of imidazole rings is 1. The fourth-order valence-electron chi connectivity index (χ4n) is 3.60. The molecule has 5 heterocycles. The first-order chi connectivity index (χ1) is 13.7. The monoisotopic (exact) mass is 376 g/mol. The molecule has 1 aliphatic heterocycles. The van der Waals surface area contributed by atoms with Gasteiger partial charge in [-0.1, -0.05) is 0 Å². The van der Waals surface area contributed by atoms with Crippen LogP contribution in [0.4, 0.5) is 5.69 Å². The fourth-order valence-corrected chi connectivity index (χ4v) is 3.60. The van der Waals surface area contributed by atoms with Gasteiger partial charge in [-0.2, -0.15) is 5.10 Å². The van der Waals surface area contributed by atoms with E-state index in [9.17, 15) is 4.79 Å². The molecule has 0 bridgehead atoms. The van der Waals surface area contributed by atoms with Gasteiger partial charge in [-0.3, -0.25) is 9.48 Å². The number of amides is 1. The Morgan fingerprint density at radius 1 is 1.25 bits per heavy atom. The quantitative estimate of drug-likeness (QED) is 0.588. The van der Waals surface area contributed by atoms with Gasteiger partial charge in [0.1, 0.15) is 18.0 Å². The highest BCUT2D eigenvalue weighted by Gasteiger charge is 2.16. The van der Waals surface area contributed by atoms with Gasteiger partial charge in [-0.25, -0.2) is 4.98 Å². The number of pyridine rings is 1. The highest BCUT2D eigenvalue weighted by molar-refractivity contribution is 6.04. The normalized spacial score (nSPS) is 13.6. The largest absolute Gasteiger partial charge is 0.319 e. The molecule has 1 amide bonds. The van der Waals surface area contributed by atoms with Gasteiger partial charge in [-0.05, 0) is 31.9 Å². The Hall–Kier alpha value is -3.49. The minimum absolute atomic E-state index is 0.192. The van der Waals surface area contributed by atoms with Gasteiger partial charge in [0.2, 0.25) is 0 Å². The Labute approximate surface area is 161 Å². The van der Waals surface area contributed by atoms with Crippen molar-refractivity contribution < 1.29 is 4.79 Å². The van der Waals surface area contributed by atoms with Gasteiger partial charge in [0.05, 0.1) is 17.6 Å². The zero-order valence-electron chi connectivity index (χ0n) is 15.5. The van der Waals surface area contributed by atoms with E-state index in [-0.39, 0.29) is 5.91 Å². The summed E-state index contributed by atoms with van der Waals surface area (Å²) in [6, 6.07) is 3.55. The average Bonchev–Trinajstić information content (AvgIpc) is 3.40. The summed E-state index contributed by atoms with van der Waals surface area (Å²) >= 11 is 0. The third-order valence-electron chi connectivity index (χ3n) is 4.97. The van der Waals surface area contributed by atoms with E-state index in [0.29, 0.717) is 17.8 Å². The Morgan fingerprint density at radius 2 is 2.18 bits per heavy atom. The molecule has 0 radical (unpaired) electrons. The topological polar surface area (TPSA) is 94.9 Å².